The summed E-state index contributed by atoms with van der Waals surface area (Å²) in [6.07, 6.45) is 0.532. The first-order valence-corrected chi connectivity index (χ1v) is 11.7. The van der Waals surface area contributed by atoms with E-state index in [-0.39, 0.29) is 35.4 Å². The first-order chi connectivity index (χ1) is 16.7. The van der Waals surface area contributed by atoms with Crippen LogP contribution >= 0.6 is 0 Å². The van der Waals surface area contributed by atoms with Crippen molar-refractivity contribution in [2.24, 2.45) is 5.92 Å². The molecule has 2 aliphatic rings. The van der Waals surface area contributed by atoms with Crippen molar-refractivity contribution in [1.82, 2.24) is 15.1 Å². The molecule has 0 aliphatic heterocycles. The second kappa shape index (κ2) is 8.87. The number of nitrogens with one attached hydrogen (secondary N) is 2. The van der Waals surface area contributed by atoms with Gasteiger partial charge in [-0.2, -0.15) is 18.3 Å². The van der Waals surface area contributed by atoms with E-state index in [0.717, 1.165) is 43.4 Å². The van der Waals surface area contributed by atoms with Gasteiger partial charge in [0, 0.05) is 17.5 Å². The molecule has 0 spiro atoms. The van der Waals surface area contributed by atoms with Crippen LogP contribution in [-0.2, 0) is 11.0 Å². The fraction of sp³-hybridized carbons (Fsp3) is 0.346. The molecule has 3 aromatic rings. The van der Waals surface area contributed by atoms with Crippen molar-refractivity contribution in [2.75, 3.05) is 5.32 Å². The Hall–Kier alpha value is -3.62. The quantitative estimate of drug-likeness (QED) is 0.460. The third-order valence-electron chi connectivity index (χ3n) is 6.41. The standard InChI is InChI=1S/C26H25F3N4O2/c1-15(16-9-11-20(12-10-16)32-24(34)18-7-8-18)31-25(35)22-14-30-33(23(22)17-5-6-17)21-4-2-3-19(13-21)26(27,28)29/h2-4,9-15,17-18H,5-8H2,1H3,(H,31,35)(H,32,34). The number of rotatable bonds is 7. The van der Waals surface area contributed by atoms with Crippen LogP contribution in [0.1, 0.15) is 71.7 Å². The summed E-state index contributed by atoms with van der Waals surface area (Å²) in [6, 6.07) is 12.0. The van der Waals surface area contributed by atoms with Gasteiger partial charge in [-0.1, -0.05) is 18.2 Å². The van der Waals surface area contributed by atoms with E-state index in [2.05, 4.69) is 15.7 Å². The SMILES string of the molecule is CC(NC(=O)c1cnn(-c2cccc(C(F)(F)F)c2)c1C1CC1)c1ccc(NC(=O)C2CC2)cc1. The number of hydrogen-bond donors (Lipinski definition) is 2. The van der Waals surface area contributed by atoms with E-state index in [1.54, 1.807) is 18.2 Å². The second-order valence-electron chi connectivity index (χ2n) is 9.26. The zero-order valence-corrected chi connectivity index (χ0v) is 19.1. The Morgan fingerprint density at radius 2 is 1.77 bits per heavy atom. The maximum Gasteiger partial charge on any atom is 0.416 e. The lowest BCUT2D eigenvalue weighted by molar-refractivity contribution is -0.137. The fourth-order valence-corrected chi connectivity index (χ4v) is 4.10. The van der Waals surface area contributed by atoms with E-state index in [1.807, 2.05) is 19.1 Å². The highest BCUT2D eigenvalue weighted by atomic mass is 19.4. The summed E-state index contributed by atoms with van der Waals surface area (Å²) in [5.41, 5.74) is 2.09. The van der Waals surface area contributed by atoms with Crippen molar-refractivity contribution in [1.29, 1.82) is 0 Å². The molecule has 0 bridgehead atoms. The van der Waals surface area contributed by atoms with Gasteiger partial charge in [0.05, 0.1) is 34.7 Å². The van der Waals surface area contributed by atoms with Crippen molar-refractivity contribution in [3.8, 4) is 5.69 Å². The van der Waals surface area contributed by atoms with Crippen molar-refractivity contribution in [3.63, 3.8) is 0 Å². The topological polar surface area (TPSA) is 76.0 Å². The maximum atomic E-state index is 13.2. The number of alkyl halides is 3. The lowest BCUT2D eigenvalue weighted by Gasteiger charge is -2.16. The smallest absolute Gasteiger partial charge is 0.345 e. The van der Waals surface area contributed by atoms with Gasteiger partial charge in [0.1, 0.15) is 0 Å². The zero-order valence-electron chi connectivity index (χ0n) is 19.1. The molecule has 2 aliphatic carbocycles. The van der Waals surface area contributed by atoms with Crippen molar-refractivity contribution in [2.45, 2.75) is 50.7 Å². The summed E-state index contributed by atoms with van der Waals surface area (Å²) < 4.78 is 41.1. The monoisotopic (exact) mass is 482 g/mol. The minimum atomic E-state index is -4.46. The number of carbonyl (C=O) groups is 2. The average molecular weight is 483 g/mol. The van der Waals surface area contributed by atoms with Crippen LogP contribution in [0.3, 0.4) is 0 Å². The predicted molar refractivity (Wildman–Crippen MR) is 124 cm³/mol. The molecule has 2 aromatic carbocycles. The molecule has 182 valence electrons. The van der Waals surface area contributed by atoms with E-state index >= 15 is 0 Å². The molecule has 2 saturated carbocycles. The number of anilines is 1. The molecular weight excluding hydrogens is 457 g/mol. The molecule has 6 nitrogen and oxygen atoms in total. The minimum absolute atomic E-state index is 0.0319. The van der Waals surface area contributed by atoms with E-state index in [0.29, 0.717) is 16.9 Å². The number of benzene rings is 2. The van der Waals surface area contributed by atoms with Crippen LogP contribution in [0.15, 0.2) is 54.7 Å². The molecule has 1 unspecified atom stereocenters. The van der Waals surface area contributed by atoms with Gasteiger partial charge < -0.3 is 10.6 Å². The summed E-state index contributed by atoms with van der Waals surface area (Å²) in [5, 5.41) is 10.1. The highest BCUT2D eigenvalue weighted by molar-refractivity contribution is 5.96. The van der Waals surface area contributed by atoms with Crippen molar-refractivity contribution in [3.05, 3.63) is 77.1 Å². The third kappa shape index (κ3) is 5.08. The van der Waals surface area contributed by atoms with Gasteiger partial charge in [0.2, 0.25) is 5.91 Å². The first kappa shape index (κ1) is 23.1. The lowest BCUT2D eigenvalue weighted by atomic mass is 10.1. The second-order valence-corrected chi connectivity index (χ2v) is 9.26. The van der Waals surface area contributed by atoms with Crippen LogP contribution in [0, 0.1) is 5.92 Å². The van der Waals surface area contributed by atoms with Crippen molar-refractivity contribution >= 4 is 17.5 Å². The summed E-state index contributed by atoms with van der Waals surface area (Å²) >= 11 is 0. The van der Waals surface area contributed by atoms with E-state index < -0.39 is 11.7 Å². The summed E-state index contributed by atoms with van der Waals surface area (Å²) in [7, 11) is 0. The number of halogens is 3. The molecule has 2 N–H and O–H groups in total. The Bertz CT molecular complexity index is 1260. The van der Waals surface area contributed by atoms with E-state index in [9.17, 15) is 22.8 Å². The van der Waals surface area contributed by atoms with Gasteiger partial charge in [0.25, 0.3) is 5.91 Å². The van der Waals surface area contributed by atoms with Crippen molar-refractivity contribution < 1.29 is 22.8 Å². The molecule has 2 fully saturated rings. The van der Waals surface area contributed by atoms with Gasteiger partial charge in [-0.25, -0.2) is 4.68 Å². The Balaban J connectivity index is 1.33. The number of hydrogen-bond acceptors (Lipinski definition) is 3. The normalized spacial score (nSPS) is 16.6. The molecule has 1 atom stereocenters. The number of aromatic nitrogens is 2. The molecule has 1 heterocycles. The molecule has 5 rings (SSSR count). The maximum absolute atomic E-state index is 13.2. The minimum Gasteiger partial charge on any atom is -0.345 e. The molecule has 35 heavy (non-hydrogen) atoms. The number of amides is 2. The third-order valence-corrected chi connectivity index (χ3v) is 6.41. The Morgan fingerprint density at radius 3 is 2.40 bits per heavy atom. The highest BCUT2D eigenvalue weighted by Gasteiger charge is 2.35. The summed E-state index contributed by atoms with van der Waals surface area (Å²) in [5.74, 6) is -0.101. The van der Waals surface area contributed by atoms with Crippen LogP contribution in [0.4, 0.5) is 18.9 Å². The van der Waals surface area contributed by atoms with Gasteiger partial charge in [-0.05, 0) is 68.5 Å². The summed E-state index contributed by atoms with van der Waals surface area (Å²) in [6.45, 7) is 1.85. The highest BCUT2D eigenvalue weighted by Crippen LogP contribution is 2.43. The van der Waals surface area contributed by atoms with Gasteiger partial charge in [0.15, 0.2) is 0 Å². The fourth-order valence-electron chi connectivity index (χ4n) is 4.10. The molecule has 2 amide bonds. The van der Waals surface area contributed by atoms with Gasteiger partial charge in [-0.15, -0.1) is 0 Å². The molecule has 1 aromatic heterocycles. The largest absolute Gasteiger partial charge is 0.416 e. The number of carbonyl (C=O) groups excluding carboxylic acids is 2. The molecule has 0 saturated heterocycles. The first-order valence-electron chi connectivity index (χ1n) is 11.7. The number of nitrogens with zero attached hydrogens (tertiary/aromatic N) is 2. The predicted octanol–water partition coefficient (Wildman–Crippen LogP) is 5.61. The molecular formula is C26H25F3N4O2. The Kier molecular flexibility index (Phi) is 5.86. The lowest BCUT2D eigenvalue weighted by Crippen LogP contribution is -2.27. The Labute approximate surface area is 200 Å². The van der Waals surface area contributed by atoms with E-state index in [1.165, 1.54) is 16.9 Å². The van der Waals surface area contributed by atoms with Crippen LogP contribution in [0.25, 0.3) is 5.69 Å². The summed E-state index contributed by atoms with van der Waals surface area (Å²) in [4.78, 5) is 25.1. The van der Waals surface area contributed by atoms with E-state index in [4.69, 9.17) is 0 Å². The van der Waals surface area contributed by atoms with Gasteiger partial charge in [-0.3, -0.25) is 9.59 Å². The van der Waals surface area contributed by atoms with Gasteiger partial charge >= 0.3 is 6.18 Å². The molecule has 0 radical (unpaired) electrons. The van der Waals surface area contributed by atoms with Crippen LogP contribution in [0.5, 0.6) is 0 Å². The average Bonchev–Trinajstić information content (AvgIpc) is 3.76. The molecule has 9 heteroatoms. The zero-order chi connectivity index (χ0) is 24.7. The van der Waals surface area contributed by atoms with Crippen LogP contribution in [0.2, 0.25) is 0 Å². The Morgan fingerprint density at radius 1 is 1.06 bits per heavy atom. The van der Waals surface area contributed by atoms with Crippen LogP contribution < -0.4 is 10.6 Å². The van der Waals surface area contributed by atoms with Crippen LogP contribution in [-0.4, -0.2) is 21.6 Å².